The number of methoxy groups -OCH3 is 2. The molecule has 430 valence electrons. The van der Waals surface area contributed by atoms with E-state index >= 15 is 0 Å². The van der Waals surface area contributed by atoms with Gasteiger partial charge < -0.3 is 60.6 Å². The molecule has 2 aromatic rings. The van der Waals surface area contributed by atoms with Gasteiger partial charge in [0, 0.05) is 71.3 Å². The summed E-state index contributed by atoms with van der Waals surface area (Å²) in [4.78, 5) is 74.5. The van der Waals surface area contributed by atoms with E-state index in [0.717, 1.165) is 18.4 Å². The summed E-state index contributed by atoms with van der Waals surface area (Å²) in [6, 6.07) is 13.9. The second-order valence-electron chi connectivity index (χ2n) is 23.4. The van der Waals surface area contributed by atoms with Gasteiger partial charge in [0.2, 0.25) is 23.6 Å². The number of aliphatic hydroxyl groups excluding tert-OH is 1. The van der Waals surface area contributed by atoms with E-state index in [1.54, 1.807) is 69.0 Å². The molecule has 6 N–H and O–H groups in total. The van der Waals surface area contributed by atoms with Crippen LogP contribution in [0.2, 0.25) is 0 Å². The highest BCUT2D eigenvalue weighted by Crippen LogP contribution is 2.30. The quantitative estimate of drug-likeness (QED) is 0.0454. The topological polar surface area (TPSA) is 203 Å². The first-order chi connectivity index (χ1) is 35.7. The average Bonchev–Trinajstić information content (AvgIpc) is 3.86. The van der Waals surface area contributed by atoms with E-state index in [-0.39, 0.29) is 78.1 Å². The van der Waals surface area contributed by atoms with Crippen LogP contribution < -0.4 is 26.6 Å². The third-order valence-corrected chi connectivity index (χ3v) is 15.3. The lowest BCUT2D eigenvalue weighted by atomic mass is 9.89. The molecule has 17 nitrogen and oxygen atoms in total. The Hall–Kier alpha value is -4.65. The molecule has 1 heterocycles. The molecule has 0 aromatic heterocycles. The van der Waals surface area contributed by atoms with Gasteiger partial charge in [-0.3, -0.25) is 19.2 Å². The van der Waals surface area contributed by atoms with Gasteiger partial charge in [0.15, 0.2) is 0 Å². The van der Waals surface area contributed by atoms with Crippen molar-refractivity contribution in [2.24, 2.45) is 29.6 Å². The number of hydrogen-bond donors (Lipinski definition) is 6. The van der Waals surface area contributed by atoms with Crippen LogP contribution in [0.1, 0.15) is 140 Å². The van der Waals surface area contributed by atoms with Gasteiger partial charge in [-0.2, -0.15) is 0 Å². The van der Waals surface area contributed by atoms with Crippen molar-refractivity contribution in [1.29, 1.82) is 0 Å². The Morgan fingerprint density at radius 3 is 1.96 bits per heavy atom. The number of benzene rings is 2. The van der Waals surface area contributed by atoms with Crippen LogP contribution in [-0.2, 0) is 40.0 Å². The largest absolute Gasteiger partial charge is 0.445 e. The summed E-state index contributed by atoms with van der Waals surface area (Å²) in [7, 11) is 6.62. The predicted octanol–water partition coefficient (Wildman–Crippen LogP) is 7.38. The van der Waals surface area contributed by atoms with Crippen LogP contribution in [0.4, 0.5) is 10.5 Å². The summed E-state index contributed by atoms with van der Waals surface area (Å²) in [5, 5.41) is 27.4. The molecular weight excluding hydrogens is 965 g/mol. The summed E-state index contributed by atoms with van der Waals surface area (Å²) in [5.74, 6) is -1.10. The maximum atomic E-state index is 14.7. The average molecular weight is 1070 g/mol. The number of aliphatic hydroxyl groups is 1. The fourth-order valence-electron chi connectivity index (χ4n) is 10.3. The van der Waals surface area contributed by atoms with E-state index in [1.165, 1.54) is 0 Å². The summed E-state index contributed by atoms with van der Waals surface area (Å²) < 4.78 is 17.9. The number of nitrogens with zero attached hydrogens (tertiary/aromatic N) is 3. The number of ether oxygens (including phenoxy) is 3. The number of likely N-dealkylation sites (tertiary alicyclic amines) is 1. The van der Waals surface area contributed by atoms with Crippen molar-refractivity contribution in [2.45, 2.75) is 195 Å². The SMILES string of the molecule is CC[C@H](C)[C@@H]([C@@H](CC(=O)N1CCC[C@H]1[C@H](OC)[C@@H](C)C(=O)N[C@H](C)[C@@H](O)c1ccccc1)OC)N(C)C(=O)[C@@H](NC[C@H](C(C)C)N(C)C(=O)OCc1ccc(NC(=O)[C@H](C)NC[C@@H](NC(C)(C)C)C(C)C)cc1)C(C)C. The number of rotatable bonds is 30. The highest BCUT2D eigenvalue weighted by Gasteiger charge is 2.43. The minimum atomic E-state index is -0.895. The Labute approximate surface area is 457 Å². The Bertz CT molecular complexity index is 2090. The number of anilines is 1. The highest BCUT2D eigenvalue weighted by molar-refractivity contribution is 5.94. The lowest BCUT2D eigenvalue weighted by Gasteiger charge is -2.41. The van der Waals surface area contributed by atoms with Crippen molar-refractivity contribution in [3.8, 4) is 0 Å². The molecule has 76 heavy (non-hydrogen) atoms. The molecule has 0 radical (unpaired) electrons. The van der Waals surface area contributed by atoms with Crippen LogP contribution in [-0.4, -0.2) is 158 Å². The van der Waals surface area contributed by atoms with Crippen LogP contribution in [0.25, 0.3) is 0 Å². The molecule has 0 spiro atoms. The van der Waals surface area contributed by atoms with Gasteiger partial charge in [-0.1, -0.05) is 111 Å². The normalized spacial score (nSPS) is 18.4. The molecule has 5 amide bonds. The van der Waals surface area contributed by atoms with Crippen LogP contribution in [0.15, 0.2) is 54.6 Å². The van der Waals surface area contributed by atoms with Gasteiger partial charge in [0.25, 0.3) is 0 Å². The fourth-order valence-corrected chi connectivity index (χ4v) is 10.3. The third kappa shape index (κ3) is 19.4. The van der Waals surface area contributed by atoms with Gasteiger partial charge in [-0.15, -0.1) is 0 Å². The first-order valence-corrected chi connectivity index (χ1v) is 27.9. The van der Waals surface area contributed by atoms with E-state index in [2.05, 4.69) is 75.1 Å². The van der Waals surface area contributed by atoms with E-state index in [1.807, 2.05) is 77.1 Å². The van der Waals surface area contributed by atoms with Crippen molar-refractivity contribution in [2.75, 3.05) is 53.3 Å². The molecule has 0 aliphatic carbocycles. The molecule has 12 atom stereocenters. The highest BCUT2D eigenvalue weighted by atomic mass is 16.6. The lowest BCUT2D eigenvalue weighted by molar-refractivity contribution is -0.147. The maximum Gasteiger partial charge on any atom is 0.410 e. The number of nitrogens with one attached hydrogen (secondary N) is 5. The number of carbonyl (C=O) groups is 5. The molecule has 2 aromatic carbocycles. The first kappa shape index (κ1) is 65.6. The molecule has 0 bridgehead atoms. The van der Waals surface area contributed by atoms with Crippen molar-refractivity contribution in [3.63, 3.8) is 0 Å². The zero-order valence-corrected chi connectivity index (χ0v) is 49.6. The first-order valence-electron chi connectivity index (χ1n) is 27.9. The van der Waals surface area contributed by atoms with Gasteiger partial charge >= 0.3 is 6.09 Å². The minimum absolute atomic E-state index is 0.00816. The molecule has 1 fully saturated rings. The summed E-state index contributed by atoms with van der Waals surface area (Å²) in [6.07, 6.45) is -0.483. The van der Waals surface area contributed by atoms with E-state index in [9.17, 15) is 29.1 Å². The van der Waals surface area contributed by atoms with E-state index in [0.29, 0.717) is 43.2 Å². The van der Waals surface area contributed by atoms with Crippen molar-refractivity contribution in [3.05, 3.63) is 65.7 Å². The monoisotopic (exact) mass is 1060 g/mol. The third-order valence-electron chi connectivity index (χ3n) is 15.3. The summed E-state index contributed by atoms with van der Waals surface area (Å²) in [5.41, 5.74) is 2.06. The van der Waals surface area contributed by atoms with Crippen molar-refractivity contribution >= 4 is 35.4 Å². The lowest BCUT2D eigenvalue weighted by Crippen LogP contribution is -2.58. The van der Waals surface area contributed by atoms with Crippen LogP contribution in [0.3, 0.4) is 0 Å². The number of hydrogen-bond acceptors (Lipinski definition) is 12. The fraction of sp³-hybridized carbons (Fsp3) is 0.712. The molecule has 0 saturated carbocycles. The summed E-state index contributed by atoms with van der Waals surface area (Å²) in [6.45, 7) is 29.8. The molecule has 3 rings (SSSR count). The van der Waals surface area contributed by atoms with Crippen LogP contribution in [0, 0.1) is 29.6 Å². The molecule has 0 unspecified atom stereocenters. The van der Waals surface area contributed by atoms with Gasteiger partial charge in [0.1, 0.15) is 6.61 Å². The molecule has 1 aliphatic rings. The van der Waals surface area contributed by atoms with Gasteiger partial charge in [-0.25, -0.2) is 4.79 Å². The number of likely N-dealkylation sites (N-methyl/N-ethyl adjacent to an activating group) is 2. The zero-order valence-electron chi connectivity index (χ0n) is 49.6. The van der Waals surface area contributed by atoms with Crippen molar-refractivity contribution < 1.29 is 43.3 Å². The predicted molar refractivity (Wildman–Crippen MR) is 302 cm³/mol. The van der Waals surface area contributed by atoms with Gasteiger partial charge in [0.05, 0.1) is 60.9 Å². The second-order valence-corrected chi connectivity index (χ2v) is 23.4. The molecular formula is C59H100N8O9. The van der Waals surface area contributed by atoms with Gasteiger partial charge in [-0.05, 0) is 94.4 Å². The Balaban J connectivity index is 1.64. The summed E-state index contributed by atoms with van der Waals surface area (Å²) >= 11 is 0. The standard InChI is InChI=1S/C59H100N8O9/c1-19-39(8)52(49(74-17)32-50(68)67-31-23-26-47(67)54(75-18)40(9)55(70)62-41(10)53(69)44-24-21-20-22-25-44)66(16)57(72)51(38(6)7)61-34-48(37(4)5)65(15)58(73)76-35-43-27-29-45(30-28-43)63-56(71)42(11)60-33-46(36(2)3)64-59(12,13)14/h20-22,24-25,27-30,36-42,46-49,51-54,60-61,64,69H,19,23,26,31-35H2,1-18H3,(H,62,70)(H,63,71)/t39-,40+,41+,42-,46+,47-,48+,49+,51-,52-,53+,54+/m0/s1. The number of amides is 5. The van der Waals surface area contributed by atoms with Crippen molar-refractivity contribution in [1.82, 2.24) is 36.0 Å². The second kappa shape index (κ2) is 31.1. The maximum absolute atomic E-state index is 14.7. The molecule has 1 aliphatic heterocycles. The Morgan fingerprint density at radius 1 is 0.789 bits per heavy atom. The number of carbonyl (C=O) groups excluding carboxylic acids is 5. The Morgan fingerprint density at radius 2 is 1.42 bits per heavy atom. The molecule has 17 heteroatoms. The smallest absolute Gasteiger partial charge is 0.410 e. The Kier molecular flexibility index (Phi) is 26.8. The van der Waals surface area contributed by atoms with E-state index < -0.39 is 54.5 Å². The van der Waals surface area contributed by atoms with E-state index in [4.69, 9.17) is 14.2 Å². The minimum Gasteiger partial charge on any atom is -0.445 e. The zero-order chi connectivity index (χ0) is 57.2. The van der Waals surface area contributed by atoms with Crippen LogP contribution in [0.5, 0.6) is 0 Å². The molecule has 1 saturated heterocycles. The van der Waals surface area contributed by atoms with Crippen LogP contribution >= 0.6 is 0 Å².